The van der Waals surface area contributed by atoms with Gasteiger partial charge in [0.2, 0.25) is 0 Å². The molecule has 0 aliphatic carbocycles. The van der Waals surface area contributed by atoms with Gasteiger partial charge in [0.25, 0.3) is 0 Å². The van der Waals surface area contributed by atoms with E-state index in [0.717, 1.165) is 29.8 Å². The predicted octanol–water partition coefficient (Wildman–Crippen LogP) is 3.41. The molecule has 0 aliphatic heterocycles. The minimum absolute atomic E-state index is 0.0982. The third kappa shape index (κ3) is 3.18. The van der Waals surface area contributed by atoms with Crippen molar-refractivity contribution in [3.8, 4) is 0 Å². The first kappa shape index (κ1) is 14.6. The second-order valence-electron chi connectivity index (χ2n) is 5.58. The molecule has 2 aromatic rings. The summed E-state index contributed by atoms with van der Waals surface area (Å²) < 4.78 is 2.23. The average Bonchev–Trinajstić information content (AvgIpc) is 2.66. The lowest BCUT2D eigenvalue weighted by Gasteiger charge is -2.11. The van der Waals surface area contributed by atoms with Gasteiger partial charge in [-0.15, -0.1) is 0 Å². The molecule has 1 aromatic heterocycles. The summed E-state index contributed by atoms with van der Waals surface area (Å²) in [6.07, 6.45) is 1.94. The number of benzene rings is 1. The van der Waals surface area contributed by atoms with E-state index < -0.39 is 5.97 Å². The molecule has 1 atom stereocenters. The monoisotopic (exact) mass is 274 g/mol. The summed E-state index contributed by atoms with van der Waals surface area (Å²) >= 11 is 0. The van der Waals surface area contributed by atoms with E-state index in [-0.39, 0.29) is 12.3 Å². The number of imidazole rings is 1. The number of aromatic nitrogens is 2. The molecule has 0 bridgehead atoms. The molecule has 1 N–H and O–H groups in total. The molecule has 108 valence electrons. The van der Waals surface area contributed by atoms with Crippen molar-refractivity contribution in [1.29, 1.82) is 0 Å². The Labute approximate surface area is 119 Å². The van der Waals surface area contributed by atoms with Gasteiger partial charge in [-0.1, -0.05) is 19.9 Å². The van der Waals surface area contributed by atoms with E-state index in [9.17, 15) is 4.79 Å². The third-order valence-electron chi connectivity index (χ3n) is 3.48. The maximum absolute atomic E-state index is 10.8. The highest BCUT2D eigenvalue weighted by Crippen LogP contribution is 2.21. The van der Waals surface area contributed by atoms with Crippen LogP contribution in [0.5, 0.6) is 0 Å². The van der Waals surface area contributed by atoms with Gasteiger partial charge in [-0.25, -0.2) is 4.98 Å². The lowest BCUT2D eigenvalue weighted by Crippen LogP contribution is -2.11. The fourth-order valence-corrected chi connectivity index (χ4v) is 2.60. The lowest BCUT2D eigenvalue weighted by molar-refractivity contribution is -0.137. The molecule has 1 heterocycles. The highest BCUT2D eigenvalue weighted by atomic mass is 16.4. The van der Waals surface area contributed by atoms with E-state index >= 15 is 0 Å². The number of carboxylic acid groups (broad SMARTS) is 1. The van der Waals surface area contributed by atoms with Crippen LogP contribution in [0, 0.1) is 12.8 Å². The zero-order valence-corrected chi connectivity index (χ0v) is 12.4. The Morgan fingerprint density at radius 3 is 2.85 bits per heavy atom. The number of hydrogen-bond donors (Lipinski definition) is 1. The van der Waals surface area contributed by atoms with Gasteiger partial charge < -0.3 is 9.67 Å². The van der Waals surface area contributed by atoms with Gasteiger partial charge in [0.05, 0.1) is 11.0 Å². The maximum Gasteiger partial charge on any atom is 0.303 e. The zero-order valence-electron chi connectivity index (χ0n) is 12.4. The minimum Gasteiger partial charge on any atom is -0.481 e. The summed E-state index contributed by atoms with van der Waals surface area (Å²) in [5.74, 6) is 0.355. The van der Waals surface area contributed by atoms with Gasteiger partial charge in [-0.2, -0.15) is 0 Å². The van der Waals surface area contributed by atoms with Crippen LogP contribution < -0.4 is 0 Å². The molecule has 0 aliphatic rings. The number of rotatable bonds is 6. The first-order valence-electron chi connectivity index (χ1n) is 7.18. The molecule has 2 rings (SSSR count). The van der Waals surface area contributed by atoms with Gasteiger partial charge in [-0.05, 0) is 37.0 Å². The topological polar surface area (TPSA) is 55.1 Å². The van der Waals surface area contributed by atoms with Gasteiger partial charge in [0, 0.05) is 19.4 Å². The maximum atomic E-state index is 10.8. The molecule has 4 nitrogen and oxygen atoms in total. The number of aryl methyl sites for hydroxylation is 2. The Morgan fingerprint density at radius 2 is 2.20 bits per heavy atom. The molecular formula is C16H22N2O2. The normalized spacial score (nSPS) is 12.8. The predicted molar refractivity (Wildman–Crippen MR) is 79.9 cm³/mol. The SMILES string of the molecule is CCCn1c(CC(C)CC(=O)O)nc2cc(C)ccc21. The van der Waals surface area contributed by atoms with Gasteiger partial charge in [0.15, 0.2) is 0 Å². The second kappa shape index (κ2) is 6.07. The van der Waals surface area contributed by atoms with E-state index in [2.05, 4.69) is 36.6 Å². The summed E-state index contributed by atoms with van der Waals surface area (Å²) in [5, 5.41) is 8.88. The van der Waals surface area contributed by atoms with E-state index in [0.29, 0.717) is 6.42 Å². The largest absolute Gasteiger partial charge is 0.481 e. The average molecular weight is 274 g/mol. The first-order valence-corrected chi connectivity index (χ1v) is 7.18. The Kier molecular flexibility index (Phi) is 4.42. The Morgan fingerprint density at radius 1 is 1.45 bits per heavy atom. The summed E-state index contributed by atoms with van der Waals surface area (Å²) in [6, 6.07) is 6.30. The molecule has 0 fully saturated rings. The molecule has 20 heavy (non-hydrogen) atoms. The van der Waals surface area contributed by atoms with Crippen LogP contribution in [-0.2, 0) is 17.8 Å². The van der Waals surface area contributed by atoms with Crippen molar-refractivity contribution in [2.75, 3.05) is 0 Å². The summed E-state index contributed by atoms with van der Waals surface area (Å²) in [4.78, 5) is 15.5. The summed E-state index contributed by atoms with van der Waals surface area (Å²) in [5.41, 5.74) is 3.36. The third-order valence-corrected chi connectivity index (χ3v) is 3.48. The van der Waals surface area contributed by atoms with Crippen LogP contribution >= 0.6 is 0 Å². The van der Waals surface area contributed by atoms with Crippen LogP contribution in [0.4, 0.5) is 0 Å². The van der Waals surface area contributed by atoms with E-state index in [1.807, 2.05) is 6.92 Å². The number of aliphatic carboxylic acids is 1. The van der Waals surface area contributed by atoms with Gasteiger partial charge in [0.1, 0.15) is 5.82 Å². The first-order chi connectivity index (χ1) is 9.51. The number of fused-ring (bicyclic) bond motifs is 1. The molecular weight excluding hydrogens is 252 g/mol. The van der Waals surface area contributed by atoms with Crippen molar-refractivity contribution in [3.05, 3.63) is 29.6 Å². The van der Waals surface area contributed by atoms with Crippen LogP contribution in [0.3, 0.4) is 0 Å². The van der Waals surface area contributed by atoms with Gasteiger partial charge >= 0.3 is 5.97 Å². The van der Waals surface area contributed by atoms with Crippen molar-refractivity contribution >= 4 is 17.0 Å². The Hall–Kier alpha value is -1.84. The lowest BCUT2D eigenvalue weighted by atomic mass is 10.0. The quantitative estimate of drug-likeness (QED) is 0.878. The van der Waals surface area contributed by atoms with E-state index in [1.54, 1.807) is 0 Å². The van der Waals surface area contributed by atoms with Crippen LogP contribution in [0.25, 0.3) is 11.0 Å². The van der Waals surface area contributed by atoms with Crippen LogP contribution in [0.1, 0.15) is 38.1 Å². The number of carbonyl (C=O) groups is 1. The fourth-order valence-electron chi connectivity index (χ4n) is 2.60. The number of carboxylic acids is 1. The smallest absolute Gasteiger partial charge is 0.303 e. The van der Waals surface area contributed by atoms with Crippen LogP contribution in [-0.4, -0.2) is 20.6 Å². The minimum atomic E-state index is -0.744. The van der Waals surface area contributed by atoms with Gasteiger partial charge in [-0.3, -0.25) is 4.79 Å². The highest BCUT2D eigenvalue weighted by molar-refractivity contribution is 5.77. The molecule has 0 radical (unpaired) electrons. The zero-order chi connectivity index (χ0) is 14.7. The fraction of sp³-hybridized carbons (Fsp3) is 0.500. The van der Waals surface area contributed by atoms with Crippen LogP contribution in [0.2, 0.25) is 0 Å². The van der Waals surface area contributed by atoms with Crippen molar-refractivity contribution < 1.29 is 9.90 Å². The summed E-state index contributed by atoms with van der Waals surface area (Å²) in [7, 11) is 0. The van der Waals surface area contributed by atoms with Crippen molar-refractivity contribution in [2.45, 2.75) is 46.6 Å². The highest BCUT2D eigenvalue weighted by Gasteiger charge is 2.15. The molecule has 1 aromatic carbocycles. The van der Waals surface area contributed by atoms with E-state index in [1.165, 1.54) is 5.56 Å². The number of hydrogen-bond acceptors (Lipinski definition) is 2. The number of nitrogens with zero attached hydrogens (tertiary/aromatic N) is 2. The molecule has 0 saturated heterocycles. The standard InChI is InChI=1S/C16H22N2O2/c1-4-7-18-14-6-5-11(2)8-13(14)17-15(18)9-12(3)10-16(19)20/h5-6,8,12H,4,7,9-10H2,1-3H3,(H,19,20). The second-order valence-corrected chi connectivity index (χ2v) is 5.58. The van der Waals surface area contributed by atoms with E-state index in [4.69, 9.17) is 10.1 Å². The summed E-state index contributed by atoms with van der Waals surface area (Å²) in [6.45, 7) is 7.10. The molecule has 4 heteroatoms. The molecule has 0 amide bonds. The molecule has 1 unspecified atom stereocenters. The molecule has 0 saturated carbocycles. The van der Waals surface area contributed by atoms with Crippen molar-refractivity contribution in [3.63, 3.8) is 0 Å². The Bertz CT molecular complexity index is 616. The molecule has 0 spiro atoms. The van der Waals surface area contributed by atoms with Crippen molar-refractivity contribution in [2.24, 2.45) is 5.92 Å². The Balaban J connectivity index is 2.35. The van der Waals surface area contributed by atoms with Crippen LogP contribution in [0.15, 0.2) is 18.2 Å². The van der Waals surface area contributed by atoms with Crippen molar-refractivity contribution in [1.82, 2.24) is 9.55 Å².